The Balaban J connectivity index is 2.77. The van der Waals surface area contributed by atoms with Gasteiger partial charge in [0.15, 0.2) is 0 Å². The van der Waals surface area contributed by atoms with Crippen LogP contribution in [0.3, 0.4) is 0 Å². The number of rotatable bonds is 6. The molecule has 0 saturated carbocycles. The Kier molecular flexibility index (Phi) is 6.38. The molecular formula is C14H20N2O3S. The molecular weight excluding hydrogens is 276 g/mol. The minimum Gasteiger partial charge on any atom is -0.478 e. The molecule has 0 radical (unpaired) electrons. The van der Waals surface area contributed by atoms with Crippen molar-refractivity contribution in [1.29, 1.82) is 0 Å². The van der Waals surface area contributed by atoms with Crippen molar-refractivity contribution >= 4 is 29.4 Å². The van der Waals surface area contributed by atoms with E-state index in [-0.39, 0.29) is 17.6 Å². The standard InChI is InChI=1S/C14H20N2O3S/c1-4-10(8-20-3)15-14(19)16-12-6-5-9(2)7-11(12)13(17)18/h5-7,10H,4,8H2,1-3H3,(H,17,18)(H2,15,16,19). The van der Waals surface area contributed by atoms with E-state index in [1.807, 2.05) is 20.1 Å². The maximum Gasteiger partial charge on any atom is 0.337 e. The summed E-state index contributed by atoms with van der Waals surface area (Å²) in [6.45, 7) is 3.80. The topological polar surface area (TPSA) is 78.4 Å². The molecule has 0 saturated heterocycles. The Labute approximate surface area is 123 Å². The van der Waals surface area contributed by atoms with Gasteiger partial charge in [-0.2, -0.15) is 11.8 Å². The van der Waals surface area contributed by atoms with Crippen LogP contribution in [0, 0.1) is 6.92 Å². The van der Waals surface area contributed by atoms with Gasteiger partial charge in [0, 0.05) is 11.8 Å². The number of benzene rings is 1. The predicted molar refractivity (Wildman–Crippen MR) is 82.8 cm³/mol. The summed E-state index contributed by atoms with van der Waals surface area (Å²) in [5.41, 5.74) is 1.24. The van der Waals surface area contributed by atoms with Crippen molar-refractivity contribution in [1.82, 2.24) is 5.32 Å². The zero-order valence-corrected chi connectivity index (χ0v) is 12.7. The highest BCUT2D eigenvalue weighted by atomic mass is 32.2. The van der Waals surface area contributed by atoms with Gasteiger partial charge >= 0.3 is 12.0 Å². The Morgan fingerprint density at radius 3 is 2.65 bits per heavy atom. The van der Waals surface area contributed by atoms with Gasteiger partial charge in [0.1, 0.15) is 0 Å². The summed E-state index contributed by atoms with van der Waals surface area (Å²) in [5, 5.41) is 14.6. The lowest BCUT2D eigenvalue weighted by atomic mass is 10.1. The summed E-state index contributed by atoms with van der Waals surface area (Å²) in [4.78, 5) is 23.1. The summed E-state index contributed by atoms with van der Waals surface area (Å²) in [6, 6.07) is 4.60. The lowest BCUT2D eigenvalue weighted by molar-refractivity contribution is 0.0698. The van der Waals surface area contributed by atoms with Gasteiger partial charge in [-0.1, -0.05) is 18.6 Å². The van der Waals surface area contributed by atoms with Gasteiger partial charge in [-0.3, -0.25) is 0 Å². The van der Waals surface area contributed by atoms with E-state index in [1.165, 1.54) is 6.07 Å². The van der Waals surface area contributed by atoms with E-state index in [9.17, 15) is 9.59 Å². The number of hydrogen-bond donors (Lipinski definition) is 3. The van der Waals surface area contributed by atoms with Crippen molar-refractivity contribution in [3.63, 3.8) is 0 Å². The highest BCUT2D eigenvalue weighted by Crippen LogP contribution is 2.17. The Morgan fingerprint density at radius 2 is 2.10 bits per heavy atom. The van der Waals surface area contributed by atoms with Crippen LogP contribution in [-0.2, 0) is 0 Å². The molecule has 0 aromatic heterocycles. The van der Waals surface area contributed by atoms with Gasteiger partial charge in [-0.25, -0.2) is 9.59 Å². The molecule has 20 heavy (non-hydrogen) atoms. The third-order valence-corrected chi connectivity index (χ3v) is 3.59. The number of carboxylic acid groups (broad SMARTS) is 1. The summed E-state index contributed by atoms with van der Waals surface area (Å²) < 4.78 is 0. The number of carboxylic acids is 1. The first-order chi connectivity index (χ1) is 9.47. The molecule has 1 aromatic carbocycles. The van der Waals surface area contributed by atoms with Gasteiger partial charge in [0.05, 0.1) is 11.3 Å². The smallest absolute Gasteiger partial charge is 0.337 e. The summed E-state index contributed by atoms with van der Waals surface area (Å²) in [7, 11) is 0. The molecule has 0 aliphatic heterocycles. The number of carbonyl (C=O) groups is 2. The Bertz CT molecular complexity index is 491. The molecule has 1 atom stereocenters. The van der Waals surface area contributed by atoms with Crippen molar-refractivity contribution in [2.75, 3.05) is 17.3 Å². The van der Waals surface area contributed by atoms with Crippen molar-refractivity contribution in [2.45, 2.75) is 26.3 Å². The maximum absolute atomic E-state index is 11.9. The minimum absolute atomic E-state index is 0.0729. The second kappa shape index (κ2) is 7.79. The fraction of sp³-hybridized carbons (Fsp3) is 0.429. The fourth-order valence-electron chi connectivity index (χ4n) is 1.75. The van der Waals surface area contributed by atoms with E-state index >= 15 is 0 Å². The number of thioether (sulfide) groups is 1. The summed E-state index contributed by atoms with van der Waals surface area (Å²) in [5.74, 6) is -0.232. The highest BCUT2D eigenvalue weighted by Gasteiger charge is 2.14. The maximum atomic E-state index is 11.9. The number of amides is 2. The first-order valence-electron chi connectivity index (χ1n) is 6.38. The molecule has 110 valence electrons. The number of urea groups is 1. The van der Waals surface area contributed by atoms with Crippen molar-refractivity contribution in [2.24, 2.45) is 0 Å². The van der Waals surface area contributed by atoms with Crippen molar-refractivity contribution in [3.05, 3.63) is 29.3 Å². The van der Waals surface area contributed by atoms with Gasteiger partial charge in [-0.15, -0.1) is 0 Å². The second-order valence-electron chi connectivity index (χ2n) is 4.51. The highest BCUT2D eigenvalue weighted by molar-refractivity contribution is 7.98. The van der Waals surface area contributed by atoms with Crippen LogP contribution >= 0.6 is 11.8 Å². The normalized spacial score (nSPS) is 11.8. The number of carbonyl (C=O) groups excluding carboxylic acids is 1. The second-order valence-corrected chi connectivity index (χ2v) is 5.42. The molecule has 1 rings (SSSR count). The van der Waals surface area contributed by atoms with Crippen LogP contribution in [0.4, 0.5) is 10.5 Å². The van der Waals surface area contributed by atoms with Crippen molar-refractivity contribution < 1.29 is 14.7 Å². The van der Waals surface area contributed by atoms with Crippen LogP contribution in [0.2, 0.25) is 0 Å². The molecule has 1 aromatic rings. The molecule has 0 bridgehead atoms. The molecule has 1 unspecified atom stereocenters. The predicted octanol–water partition coefficient (Wildman–Crippen LogP) is 2.96. The van der Waals surface area contributed by atoms with E-state index in [2.05, 4.69) is 10.6 Å². The SMILES string of the molecule is CCC(CSC)NC(=O)Nc1ccc(C)cc1C(=O)O. The number of hydrogen-bond acceptors (Lipinski definition) is 3. The lowest BCUT2D eigenvalue weighted by Gasteiger charge is -2.17. The van der Waals surface area contributed by atoms with Crippen LogP contribution in [0.25, 0.3) is 0 Å². The fourth-order valence-corrected chi connectivity index (χ4v) is 2.47. The monoisotopic (exact) mass is 296 g/mol. The van der Waals surface area contributed by atoms with Crippen LogP contribution in [0.5, 0.6) is 0 Å². The van der Waals surface area contributed by atoms with Crippen LogP contribution in [0.1, 0.15) is 29.3 Å². The van der Waals surface area contributed by atoms with E-state index in [0.29, 0.717) is 5.69 Å². The summed E-state index contributed by atoms with van der Waals surface area (Å²) in [6.07, 6.45) is 2.80. The van der Waals surface area contributed by atoms with Gasteiger partial charge in [0.2, 0.25) is 0 Å². The lowest BCUT2D eigenvalue weighted by Crippen LogP contribution is -2.39. The van der Waals surface area contributed by atoms with Gasteiger partial charge in [0.25, 0.3) is 0 Å². The zero-order valence-electron chi connectivity index (χ0n) is 11.9. The number of nitrogens with one attached hydrogen (secondary N) is 2. The van der Waals surface area contributed by atoms with Crippen LogP contribution in [0.15, 0.2) is 18.2 Å². The Hall–Kier alpha value is -1.69. The van der Waals surface area contributed by atoms with Gasteiger partial charge in [-0.05, 0) is 31.7 Å². The number of aromatic carboxylic acids is 1. The van der Waals surface area contributed by atoms with E-state index in [0.717, 1.165) is 17.7 Å². The average molecular weight is 296 g/mol. The third-order valence-electron chi connectivity index (χ3n) is 2.85. The first kappa shape index (κ1) is 16.4. The molecule has 0 aliphatic carbocycles. The van der Waals surface area contributed by atoms with Crippen molar-refractivity contribution in [3.8, 4) is 0 Å². The quantitative estimate of drug-likeness (QED) is 0.754. The minimum atomic E-state index is -1.06. The number of anilines is 1. The zero-order chi connectivity index (χ0) is 15.1. The molecule has 0 fully saturated rings. The Morgan fingerprint density at radius 1 is 1.40 bits per heavy atom. The first-order valence-corrected chi connectivity index (χ1v) is 7.77. The largest absolute Gasteiger partial charge is 0.478 e. The average Bonchev–Trinajstić information content (AvgIpc) is 2.40. The van der Waals surface area contributed by atoms with E-state index in [1.54, 1.807) is 23.9 Å². The molecule has 0 spiro atoms. The van der Waals surface area contributed by atoms with E-state index in [4.69, 9.17) is 5.11 Å². The molecule has 5 nitrogen and oxygen atoms in total. The molecule has 6 heteroatoms. The number of aryl methyl sites for hydroxylation is 1. The molecule has 0 heterocycles. The molecule has 3 N–H and O–H groups in total. The van der Waals surface area contributed by atoms with Crippen LogP contribution < -0.4 is 10.6 Å². The molecule has 0 aliphatic rings. The summed E-state index contributed by atoms with van der Waals surface area (Å²) >= 11 is 1.66. The van der Waals surface area contributed by atoms with E-state index < -0.39 is 5.97 Å². The molecule has 2 amide bonds. The van der Waals surface area contributed by atoms with Gasteiger partial charge < -0.3 is 15.7 Å². The third kappa shape index (κ3) is 4.77. The van der Waals surface area contributed by atoms with Crippen LogP contribution in [-0.4, -0.2) is 35.2 Å².